The first-order chi connectivity index (χ1) is 8.33. The van der Waals surface area contributed by atoms with E-state index in [9.17, 15) is 13.2 Å². The van der Waals surface area contributed by atoms with Crippen LogP contribution in [0.15, 0.2) is 24.3 Å². The second-order valence-electron chi connectivity index (χ2n) is 4.12. The minimum Gasteiger partial charge on any atom is -0.481 e. The second kappa shape index (κ2) is 5.86. The number of hydrogen-bond donors (Lipinski definition) is 1. The Morgan fingerprint density at radius 3 is 2.61 bits per heavy atom. The highest BCUT2D eigenvalue weighted by molar-refractivity contribution is 7.92. The van der Waals surface area contributed by atoms with Crippen molar-refractivity contribution in [3.63, 3.8) is 0 Å². The Hall–Kier alpha value is -1.56. The van der Waals surface area contributed by atoms with Crippen molar-refractivity contribution in [2.24, 2.45) is 0 Å². The summed E-state index contributed by atoms with van der Waals surface area (Å²) in [6.45, 7) is 1.88. The fraction of sp³-hybridized carbons (Fsp3) is 0.417. The van der Waals surface area contributed by atoms with Crippen LogP contribution in [0.3, 0.4) is 0 Å². The molecule has 1 aromatic carbocycles. The molecule has 0 aliphatic carbocycles. The van der Waals surface area contributed by atoms with Crippen LogP contribution in [-0.4, -0.2) is 32.3 Å². The lowest BCUT2D eigenvalue weighted by atomic mass is 10.2. The molecule has 0 fully saturated rings. The van der Waals surface area contributed by atoms with Gasteiger partial charge in [0.15, 0.2) is 0 Å². The monoisotopic (exact) mass is 271 g/mol. The topological polar surface area (TPSA) is 74.7 Å². The van der Waals surface area contributed by atoms with Crippen LogP contribution in [0.25, 0.3) is 0 Å². The van der Waals surface area contributed by atoms with Crippen molar-refractivity contribution in [1.82, 2.24) is 0 Å². The summed E-state index contributed by atoms with van der Waals surface area (Å²) in [7, 11) is -1.98. The predicted molar refractivity (Wildman–Crippen MR) is 70.2 cm³/mol. The van der Waals surface area contributed by atoms with Gasteiger partial charge < -0.3 is 5.11 Å². The summed E-state index contributed by atoms with van der Waals surface area (Å²) in [5.74, 6) is -1.15. The van der Waals surface area contributed by atoms with Crippen LogP contribution in [0.1, 0.15) is 18.4 Å². The summed E-state index contributed by atoms with van der Waals surface area (Å²) in [4.78, 5) is 10.4. The number of carboxylic acids is 1. The van der Waals surface area contributed by atoms with E-state index in [0.717, 1.165) is 5.56 Å². The first kappa shape index (κ1) is 14.5. The van der Waals surface area contributed by atoms with Crippen molar-refractivity contribution in [3.8, 4) is 0 Å². The molecule has 100 valence electrons. The fourth-order valence-electron chi connectivity index (χ4n) is 1.53. The molecule has 1 N–H and O–H groups in total. The molecule has 0 spiro atoms. The van der Waals surface area contributed by atoms with E-state index in [1.807, 2.05) is 13.0 Å². The highest BCUT2D eigenvalue weighted by Crippen LogP contribution is 2.18. The Morgan fingerprint density at radius 2 is 2.06 bits per heavy atom. The van der Waals surface area contributed by atoms with E-state index in [1.165, 1.54) is 11.4 Å². The van der Waals surface area contributed by atoms with Crippen LogP contribution in [0.5, 0.6) is 0 Å². The highest BCUT2D eigenvalue weighted by Gasteiger charge is 2.18. The van der Waals surface area contributed by atoms with E-state index < -0.39 is 16.0 Å². The molecule has 5 nitrogen and oxygen atoms in total. The lowest BCUT2D eigenvalue weighted by Crippen LogP contribution is -2.29. The number of anilines is 1. The van der Waals surface area contributed by atoms with Crippen molar-refractivity contribution >= 4 is 21.7 Å². The van der Waals surface area contributed by atoms with E-state index in [1.54, 1.807) is 18.2 Å². The van der Waals surface area contributed by atoms with Crippen LogP contribution < -0.4 is 4.31 Å². The van der Waals surface area contributed by atoms with Gasteiger partial charge in [0.2, 0.25) is 10.0 Å². The van der Waals surface area contributed by atoms with Gasteiger partial charge in [0.1, 0.15) is 0 Å². The minimum absolute atomic E-state index is 0.119. The molecule has 18 heavy (non-hydrogen) atoms. The van der Waals surface area contributed by atoms with E-state index in [4.69, 9.17) is 5.11 Å². The molecule has 0 aliphatic heterocycles. The zero-order valence-corrected chi connectivity index (χ0v) is 11.3. The van der Waals surface area contributed by atoms with Crippen LogP contribution in [-0.2, 0) is 14.8 Å². The maximum Gasteiger partial charge on any atom is 0.303 e. The number of carbonyl (C=O) groups is 1. The summed E-state index contributed by atoms with van der Waals surface area (Å²) in [5, 5.41) is 8.49. The first-order valence-electron chi connectivity index (χ1n) is 5.58. The van der Waals surface area contributed by atoms with Crippen molar-refractivity contribution in [1.29, 1.82) is 0 Å². The van der Waals surface area contributed by atoms with Crippen molar-refractivity contribution < 1.29 is 18.3 Å². The van der Waals surface area contributed by atoms with Gasteiger partial charge in [0, 0.05) is 13.5 Å². The van der Waals surface area contributed by atoms with Crippen molar-refractivity contribution in [2.45, 2.75) is 19.8 Å². The van der Waals surface area contributed by atoms with Gasteiger partial charge >= 0.3 is 5.97 Å². The van der Waals surface area contributed by atoms with Gasteiger partial charge in [-0.1, -0.05) is 12.1 Å². The third-order valence-corrected chi connectivity index (χ3v) is 4.43. The number of sulfonamides is 1. The number of carboxylic acid groups (broad SMARTS) is 1. The third kappa shape index (κ3) is 4.03. The minimum atomic E-state index is -3.46. The molecule has 0 atom stereocenters. The standard InChI is InChI=1S/C12H17NO4S/c1-10-5-3-6-11(9-10)13(2)18(16,17)8-4-7-12(14)15/h3,5-6,9H,4,7-8H2,1-2H3,(H,14,15). The number of benzene rings is 1. The smallest absolute Gasteiger partial charge is 0.303 e. The Kier molecular flexibility index (Phi) is 4.72. The van der Waals surface area contributed by atoms with Crippen LogP contribution in [0, 0.1) is 6.92 Å². The van der Waals surface area contributed by atoms with E-state index >= 15 is 0 Å². The van der Waals surface area contributed by atoms with Gasteiger partial charge in [0.25, 0.3) is 0 Å². The second-order valence-corrected chi connectivity index (χ2v) is 6.24. The summed E-state index contributed by atoms with van der Waals surface area (Å²) in [5.41, 5.74) is 1.56. The molecular weight excluding hydrogens is 254 g/mol. The lowest BCUT2D eigenvalue weighted by Gasteiger charge is -2.19. The van der Waals surface area contributed by atoms with E-state index in [-0.39, 0.29) is 18.6 Å². The molecule has 0 saturated carbocycles. The Bertz CT molecular complexity index is 525. The van der Waals surface area contributed by atoms with Gasteiger partial charge in [-0.05, 0) is 31.0 Å². The van der Waals surface area contributed by atoms with Gasteiger partial charge in [0.05, 0.1) is 11.4 Å². The molecule has 1 rings (SSSR count). The van der Waals surface area contributed by atoms with E-state index in [2.05, 4.69) is 0 Å². The quantitative estimate of drug-likeness (QED) is 0.853. The van der Waals surface area contributed by atoms with Crippen LogP contribution in [0.2, 0.25) is 0 Å². The first-order valence-corrected chi connectivity index (χ1v) is 7.19. The average Bonchev–Trinajstić information content (AvgIpc) is 2.27. The number of rotatable bonds is 6. The zero-order chi connectivity index (χ0) is 13.8. The maximum atomic E-state index is 12.0. The predicted octanol–water partition coefficient (Wildman–Crippen LogP) is 1.63. The Morgan fingerprint density at radius 1 is 1.39 bits per heavy atom. The number of aryl methyl sites for hydroxylation is 1. The molecule has 1 aromatic rings. The largest absolute Gasteiger partial charge is 0.481 e. The molecule has 0 heterocycles. The normalized spacial score (nSPS) is 11.2. The molecule has 0 amide bonds. The van der Waals surface area contributed by atoms with Gasteiger partial charge in [-0.3, -0.25) is 9.10 Å². The molecule has 0 bridgehead atoms. The third-order valence-electron chi connectivity index (χ3n) is 2.58. The summed E-state index contributed by atoms with van der Waals surface area (Å²) < 4.78 is 25.1. The average molecular weight is 271 g/mol. The van der Waals surface area contributed by atoms with Gasteiger partial charge in [-0.2, -0.15) is 0 Å². The van der Waals surface area contributed by atoms with Crippen LogP contribution >= 0.6 is 0 Å². The highest BCUT2D eigenvalue weighted by atomic mass is 32.2. The summed E-state index contributed by atoms with van der Waals surface area (Å²) in [6, 6.07) is 7.15. The van der Waals surface area contributed by atoms with Crippen molar-refractivity contribution in [2.75, 3.05) is 17.1 Å². The molecule has 0 radical (unpaired) electrons. The van der Waals surface area contributed by atoms with Crippen LogP contribution in [0.4, 0.5) is 5.69 Å². The van der Waals surface area contributed by atoms with Crippen molar-refractivity contribution in [3.05, 3.63) is 29.8 Å². The molecule has 6 heteroatoms. The zero-order valence-electron chi connectivity index (χ0n) is 10.5. The molecule has 0 unspecified atom stereocenters. The summed E-state index contributed by atoms with van der Waals surface area (Å²) >= 11 is 0. The maximum absolute atomic E-state index is 12.0. The molecule has 0 aromatic heterocycles. The van der Waals surface area contributed by atoms with Gasteiger partial charge in [-0.15, -0.1) is 0 Å². The Balaban J connectivity index is 2.76. The van der Waals surface area contributed by atoms with Gasteiger partial charge in [-0.25, -0.2) is 8.42 Å². The summed E-state index contributed by atoms with van der Waals surface area (Å²) in [6.07, 6.45) is -0.0191. The molecule has 0 aliphatic rings. The number of nitrogens with zero attached hydrogens (tertiary/aromatic N) is 1. The molecule has 0 saturated heterocycles. The molecular formula is C12H17NO4S. The Labute approximate surface area is 107 Å². The fourth-order valence-corrected chi connectivity index (χ4v) is 2.74. The number of hydrogen-bond acceptors (Lipinski definition) is 3. The SMILES string of the molecule is Cc1cccc(N(C)S(=O)(=O)CCCC(=O)O)c1. The van der Waals surface area contributed by atoms with E-state index in [0.29, 0.717) is 5.69 Å². The number of aliphatic carboxylic acids is 1. The lowest BCUT2D eigenvalue weighted by molar-refractivity contribution is -0.137.